The Morgan fingerprint density at radius 3 is 1.93 bits per heavy atom. The maximum Gasteiger partial charge on any atom is 0.410 e. The fraction of sp³-hybridized carbons (Fsp3) is 0.290. The summed E-state index contributed by atoms with van der Waals surface area (Å²) < 4.78 is 5.45. The first-order valence-corrected chi connectivity index (χ1v) is 13.3. The van der Waals surface area contributed by atoms with Gasteiger partial charge in [-0.2, -0.15) is 0 Å². The Morgan fingerprint density at radius 1 is 0.756 bits per heavy atom. The number of nitrogens with one attached hydrogen (secondary N) is 2. The Labute approximate surface area is 238 Å². The molecule has 4 rings (SSSR count). The zero-order valence-corrected chi connectivity index (χ0v) is 23.6. The summed E-state index contributed by atoms with van der Waals surface area (Å²) >= 11 is 0. The van der Waals surface area contributed by atoms with E-state index in [9.17, 15) is 24.3 Å². The van der Waals surface area contributed by atoms with Gasteiger partial charge in [-0.05, 0) is 80.4 Å². The average Bonchev–Trinajstić information content (AvgIpc) is 2.92. The van der Waals surface area contributed by atoms with E-state index in [0.29, 0.717) is 35.6 Å². The molecule has 3 N–H and O–H groups in total. The second-order valence-electron chi connectivity index (χ2n) is 10.8. The van der Waals surface area contributed by atoms with Crippen LogP contribution in [-0.4, -0.2) is 70.5 Å². The lowest BCUT2D eigenvalue weighted by atomic mass is 9.97. The standard InChI is InChI=1S/C31H34N4O6/c1-20(36)32-23-9-11-24(12-10-23)33-28(38)27-19-22(21-6-5-7-25(37)18-21)8-13-26(27)29(39)34-14-16-35(17-15-34)30(40)41-31(2,3)4/h5-13,18-19,37H,14-17H2,1-4H3,(H,32,36)(H,33,38). The van der Waals surface area contributed by atoms with Crippen LogP contribution >= 0.6 is 0 Å². The molecular weight excluding hydrogens is 524 g/mol. The Morgan fingerprint density at radius 2 is 1.34 bits per heavy atom. The van der Waals surface area contributed by atoms with Gasteiger partial charge in [0.1, 0.15) is 11.4 Å². The molecule has 1 aliphatic heterocycles. The van der Waals surface area contributed by atoms with Crippen molar-refractivity contribution >= 4 is 35.2 Å². The Balaban J connectivity index is 1.58. The molecule has 3 aromatic carbocycles. The van der Waals surface area contributed by atoms with Gasteiger partial charge in [0, 0.05) is 44.5 Å². The number of nitrogens with zero attached hydrogens (tertiary/aromatic N) is 2. The average molecular weight is 559 g/mol. The highest BCUT2D eigenvalue weighted by molar-refractivity contribution is 6.13. The Hall–Kier alpha value is -4.86. The van der Waals surface area contributed by atoms with Crippen LogP contribution < -0.4 is 10.6 Å². The van der Waals surface area contributed by atoms with Gasteiger partial charge in [-0.25, -0.2) is 4.79 Å². The molecule has 0 saturated carbocycles. The van der Waals surface area contributed by atoms with E-state index in [-0.39, 0.29) is 41.8 Å². The minimum atomic E-state index is -0.617. The Kier molecular flexibility index (Phi) is 8.61. The van der Waals surface area contributed by atoms with Crippen molar-refractivity contribution in [2.75, 3.05) is 36.8 Å². The number of carbonyl (C=O) groups excluding carboxylic acids is 4. The zero-order valence-electron chi connectivity index (χ0n) is 23.6. The maximum absolute atomic E-state index is 13.7. The van der Waals surface area contributed by atoms with Crippen molar-refractivity contribution in [1.82, 2.24) is 9.80 Å². The lowest BCUT2D eigenvalue weighted by Crippen LogP contribution is -2.51. The summed E-state index contributed by atoms with van der Waals surface area (Å²) in [5, 5.41) is 15.5. The van der Waals surface area contributed by atoms with Gasteiger partial charge in [-0.15, -0.1) is 0 Å². The van der Waals surface area contributed by atoms with Gasteiger partial charge in [-0.1, -0.05) is 18.2 Å². The van der Waals surface area contributed by atoms with Crippen molar-refractivity contribution in [3.63, 3.8) is 0 Å². The molecule has 0 radical (unpaired) electrons. The molecule has 10 heteroatoms. The number of benzene rings is 3. The van der Waals surface area contributed by atoms with E-state index >= 15 is 0 Å². The molecule has 0 aliphatic carbocycles. The highest BCUT2D eigenvalue weighted by atomic mass is 16.6. The van der Waals surface area contributed by atoms with Crippen molar-refractivity contribution in [3.05, 3.63) is 77.9 Å². The number of phenolic OH excluding ortho intramolecular Hbond substituents is 1. The predicted molar refractivity (Wildman–Crippen MR) is 156 cm³/mol. The summed E-state index contributed by atoms with van der Waals surface area (Å²) in [5.74, 6) is -0.950. The molecule has 214 valence electrons. The first-order valence-electron chi connectivity index (χ1n) is 13.3. The second kappa shape index (κ2) is 12.1. The molecule has 0 unspecified atom stereocenters. The summed E-state index contributed by atoms with van der Waals surface area (Å²) in [4.78, 5) is 54.2. The van der Waals surface area contributed by atoms with Gasteiger partial charge in [0.25, 0.3) is 11.8 Å². The molecule has 0 aromatic heterocycles. The van der Waals surface area contributed by atoms with Crippen molar-refractivity contribution < 1.29 is 29.0 Å². The molecule has 0 bridgehead atoms. The van der Waals surface area contributed by atoms with Crippen molar-refractivity contribution in [1.29, 1.82) is 0 Å². The third kappa shape index (κ3) is 7.63. The number of phenols is 1. The van der Waals surface area contributed by atoms with Gasteiger partial charge in [0.05, 0.1) is 11.1 Å². The van der Waals surface area contributed by atoms with Crippen molar-refractivity contribution in [3.8, 4) is 16.9 Å². The van der Waals surface area contributed by atoms with Crippen LogP contribution in [0.3, 0.4) is 0 Å². The third-order valence-corrected chi connectivity index (χ3v) is 6.36. The molecular formula is C31H34N4O6. The number of rotatable bonds is 5. The van der Waals surface area contributed by atoms with Crippen LogP contribution in [0.4, 0.5) is 16.2 Å². The minimum absolute atomic E-state index is 0.0794. The van der Waals surface area contributed by atoms with Crippen LogP contribution in [0.5, 0.6) is 5.75 Å². The van der Waals surface area contributed by atoms with Gasteiger partial charge in [0.15, 0.2) is 0 Å². The third-order valence-electron chi connectivity index (χ3n) is 6.36. The Bertz CT molecular complexity index is 1450. The number of hydrogen-bond donors (Lipinski definition) is 3. The van der Waals surface area contributed by atoms with E-state index in [1.165, 1.54) is 6.92 Å². The fourth-order valence-electron chi connectivity index (χ4n) is 4.41. The molecule has 3 aromatic rings. The normalized spacial score (nSPS) is 13.4. The number of aromatic hydroxyl groups is 1. The molecule has 1 saturated heterocycles. The largest absolute Gasteiger partial charge is 0.508 e. The zero-order chi connectivity index (χ0) is 29.7. The van der Waals surface area contributed by atoms with Crippen LogP contribution in [0.1, 0.15) is 48.4 Å². The highest BCUT2D eigenvalue weighted by Crippen LogP contribution is 2.27. The van der Waals surface area contributed by atoms with Gasteiger partial charge in [-0.3, -0.25) is 14.4 Å². The fourth-order valence-corrected chi connectivity index (χ4v) is 4.41. The molecule has 0 atom stereocenters. The number of piperazine rings is 1. The van der Waals surface area contributed by atoms with E-state index in [1.807, 2.05) is 0 Å². The SMILES string of the molecule is CC(=O)Nc1ccc(NC(=O)c2cc(-c3cccc(O)c3)ccc2C(=O)N2CCN(C(=O)OC(C)(C)C)CC2)cc1. The summed E-state index contributed by atoms with van der Waals surface area (Å²) in [6, 6.07) is 18.2. The summed E-state index contributed by atoms with van der Waals surface area (Å²) in [6.07, 6.45) is -0.426. The molecule has 1 fully saturated rings. The topological polar surface area (TPSA) is 128 Å². The summed E-state index contributed by atoms with van der Waals surface area (Å²) in [6.45, 7) is 8.01. The van der Waals surface area contributed by atoms with Crippen LogP contribution in [0, 0.1) is 0 Å². The number of amides is 4. The molecule has 0 spiro atoms. The molecule has 10 nitrogen and oxygen atoms in total. The van der Waals surface area contributed by atoms with E-state index in [2.05, 4.69) is 10.6 Å². The molecule has 4 amide bonds. The first-order chi connectivity index (χ1) is 19.4. The number of ether oxygens (including phenoxy) is 1. The van der Waals surface area contributed by atoms with E-state index in [4.69, 9.17) is 4.74 Å². The minimum Gasteiger partial charge on any atom is -0.508 e. The smallest absolute Gasteiger partial charge is 0.410 e. The number of anilines is 2. The highest BCUT2D eigenvalue weighted by Gasteiger charge is 2.30. The van der Waals surface area contributed by atoms with Gasteiger partial charge >= 0.3 is 6.09 Å². The van der Waals surface area contributed by atoms with Crippen LogP contribution in [-0.2, 0) is 9.53 Å². The van der Waals surface area contributed by atoms with E-state index in [1.54, 1.807) is 97.3 Å². The molecule has 1 heterocycles. The monoisotopic (exact) mass is 558 g/mol. The van der Waals surface area contributed by atoms with E-state index < -0.39 is 17.6 Å². The van der Waals surface area contributed by atoms with E-state index in [0.717, 1.165) is 0 Å². The first kappa shape index (κ1) is 29.1. The maximum atomic E-state index is 13.7. The lowest BCUT2D eigenvalue weighted by molar-refractivity contribution is -0.114. The van der Waals surface area contributed by atoms with Crippen LogP contribution in [0.15, 0.2) is 66.7 Å². The van der Waals surface area contributed by atoms with Crippen molar-refractivity contribution in [2.24, 2.45) is 0 Å². The predicted octanol–water partition coefficient (Wildman–Crippen LogP) is 4.96. The van der Waals surface area contributed by atoms with Crippen molar-refractivity contribution in [2.45, 2.75) is 33.3 Å². The van der Waals surface area contributed by atoms with Gasteiger partial charge < -0.3 is 30.3 Å². The number of carbonyl (C=O) groups is 4. The molecule has 41 heavy (non-hydrogen) atoms. The number of hydrogen-bond acceptors (Lipinski definition) is 6. The summed E-state index contributed by atoms with van der Waals surface area (Å²) in [7, 11) is 0. The lowest BCUT2D eigenvalue weighted by Gasteiger charge is -2.35. The van der Waals surface area contributed by atoms with Crippen LogP contribution in [0.25, 0.3) is 11.1 Å². The molecule has 1 aliphatic rings. The summed E-state index contributed by atoms with van der Waals surface area (Å²) in [5.41, 5.74) is 2.16. The van der Waals surface area contributed by atoms with Crippen LogP contribution in [0.2, 0.25) is 0 Å². The quantitative estimate of drug-likeness (QED) is 0.406. The van der Waals surface area contributed by atoms with Gasteiger partial charge in [0.2, 0.25) is 5.91 Å². The second-order valence-corrected chi connectivity index (χ2v) is 10.8.